The van der Waals surface area contributed by atoms with Gasteiger partial charge in [0.1, 0.15) is 0 Å². The van der Waals surface area contributed by atoms with Crippen LogP contribution in [0, 0.1) is 11.3 Å². The van der Waals surface area contributed by atoms with Crippen LogP contribution >= 0.6 is 11.3 Å². The van der Waals surface area contributed by atoms with Crippen LogP contribution in [0.4, 0.5) is 13.2 Å². The van der Waals surface area contributed by atoms with Crippen LogP contribution in [0.15, 0.2) is 17.5 Å². The first-order valence-electron chi connectivity index (χ1n) is 8.99. The molecule has 2 fully saturated rings. The smallest absolute Gasteiger partial charge is 0.481 e. The lowest BCUT2D eigenvalue weighted by atomic mass is 9.75. The van der Waals surface area contributed by atoms with Crippen molar-refractivity contribution in [3.05, 3.63) is 22.4 Å². The molecule has 0 amide bonds. The first kappa shape index (κ1) is 24.6. The summed E-state index contributed by atoms with van der Waals surface area (Å²) < 4.78 is 56.9. The van der Waals surface area contributed by atoms with Gasteiger partial charge in [-0.05, 0) is 30.8 Å². The summed E-state index contributed by atoms with van der Waals surface area (Å²) in [5.41, 5.74) is -0.937. The quantitative estimate of drug-likeness (QED) is 0.688. The molecule has 1 aromatic rings. The molecule has 0 radical (unpaired) electrons. The Kier molecular flexibility index (Phi) is 7.54. The number of aliphatic carboxylic acids is 2. The minimum atomic E-state index is -5.08. The molecule has 2 aliphatic rings. The summed E-state index contributed by atoms with van der Waals surface area (Å²) in [4.78, 5) is 24.4. The lowest BCUT2D eigenvalue weighted by Gasteiger charge is -2.29. The van der Waals surface area contributed by atoms with Gasteiger partial charge in [0.15, 0.2) is 0 Å². The fraction of sp³-hybridized carbons (Fsp3) is 0.647. The van der Waals surface area contributed by atoms with Gasteiger partial charge in [0, 0.05) is 37.0 Å². The van der Waals surface area contributed by atoms with E-state index in [0.717, 1.165) is 25.8 Å². The molecule has 2 aliphatic heterocycles. The first-order chi connectivity index (χ1) is 13.8. The molecule has 170 valence electrons. The summed E-state index contributed by atoms with van der Waals surface area (Å²) in [5, 5.41) is 19.0. The molecule has 3 rings (SSSR count). The largest absolute Gasteiger partial charge is 0.490 e. The SMILES string of the molecule is CS(=O)(=O)N1C[C@@H]2CN(Cc3cccs3)CCC[C@]2(C(=O)O)C1.O=C(O)C(F)(F)F. The molecule has 3 heterocycles. The maximum absolute atomic E-state index is 12.0. The van der Waals surface area contributed by atoms with Gasteiger partial charge in [-0.1, -0.05) is 6.07 Å². The number of hydrogen-bond acceptors (Lipinski definition) is 6. The highest BCUT2D eigenvalue weighted by Crippen LogP contribution is 2.44. The van der Waals surface area contributed by atoms with Crippen molar-refractivity contribution in [1.29, 1.82) is 0 Å². The van der Waals surface area contributed by atoms with Crippen molar-refractivity contribution >= 4 is 33.3 Å². The third kappa shape index (κ3) is 5.93. The van der Waals surface area contributed by atoms with Crippen LogP contribution in [-0.4, -0.2) is 78.4 Å². The van der Waals surface area contributed by atoms with E-state index in [4.69, 9.17) is 9.90 Å². The van der Waals surface area contributed by atoms with Crippen molar-refractivity contribution in [1.82, 2.24) is 9.21 Å². The fourth-order valence-electron chi connectivity index (χ4n) is 3.83. The summed E-state index contributed by atoms with van der Waals surface area (Å²) in [6.07, 6.45) is -2.59. The summed E-state index contributed by atoms with van der Waals surface area (Å²) in [5.74, 6) is -3.77. The molecule has 0 spiro atoms. The topological polar surface area (TPSA) is 115 Å². The number of halogens is 3. The van der Waals surface area contributed by atoms with E-state index in [-0.39, 0.29) is 12.5 Å². The number of nitrogens with zero attached hydrogens (tertiary/aromatic N) is 2. The average Bonchev–Trinajstić information content (AvgIpc) is 3.19. The average molecular weight is 473 g/mol. The van der Waals surface area contributed by atoms with Crippen LogP contribution in [0.3, 0.4) is 0 Å². The van der Waals surface area contributed by atoms with Gasteiger partial charge < -0.3 is 10.2 Å². The Morgan fingerprint density at radius 1 is 1.30 bits per heavy atom. The Labute approximate surface area is 175 Å². The maximum Gasteiger partial charge on any atom is 0.490 e. The Morgan fingerprint density at radius 2 is 1.93 bits per heavy atom. The highest BCUT2D eigenvalue weighted by Gasteiger charge is 2.55. The Morgan fingerprint density at radius 3 is 2.40 bits per heavy atom. The maximum atomic E-state index is 12.0. The first-order valence-corrected chi connectivity index (χ1v) is 11.7. The normalized spacial score (nSPS) is 25.7. The predicted octanol–water partition coefficient (Wildman–Crippen LogP) is 1.94. The van der Waals surface area contributed by atoms with Crippen LogP contribution in [0.1, 0.15) is 17.7 Å². The molecule has 13 heteroatoms. The van der Waals surface area contributed by atoms with Crippen LogP contribution in [0.2, 0.25) is 0 Å². The van der Waals surface area contributed by atoms with Gasteiger partial charge in [-0.15, -0.1) is 11.3 Å². The van der Waals surface area contributed by atoms with Crippen molar-refractivity contribution in [3.8, 4) is 0 Å². The van der Waals surface area contributed by atoms with Crippen LogP contribution in [0.5, 0.6) is 0 Å². The van der Waals surface area contributed by atoms with Crippen molar-refractivity contribution in [3.63, 3.8) is 0 Å². The van der Waals surface area contributed by atoms with E-state index in [1.54, 1.807) is 11.3 Å². The number of alkyl halides is 3. The second kappa shape index (κ2) is 9.20. The third-order valence-corrected chi connectivity index (χ3v) is 7.41. The number of carboxylic acid groups (broad SMARTS) is 2. The highest BCUT2D eigenvalue weighted by atomic mass is 32.2. The van der Waals surface area contributed by atoms with Gasteiger partial charge in [-0.3, -0.25) is 9.69 Å². The molecule has 0 aliphatic carbocycles. The Hall–Kier alpha value is -1.70. The highest BCUT2D eigenvalue weighted by molar-refractivity contribution is 7.88. The third-order valence-electron chi connectivity index (χ3n) is 5.34. The Balaban J connectivity index is 0.000000396. The summed E-state index contributed by atoms with van der Waals surface area (Å²) in [6, 6.07) is 4.10. The van der Waals surface area contributed by atoms with E-state index in [1.807, 2.05) is 11.4 Å². The lowest BCUT2D eigenvalue weighted by Crippen LogP contribution is -2.41. The summed E-state index contributed by atoms with van der Waals surface area (Å²) in [6.45, 7) is 2.73. The number of thiophene rings is 1. The van der Waals surface area contributed by atoms with Gasteiger partial charge in [0.25, 0.3) is 0 Å². The number of fused-ring (bicyclic) bond motifs is 1. The van der Waals surface area contributed by atoms with Crippen molar-refractivity contribution in [2.24, 2.45) is 11.3 Å². The predicted molar refractivity (Wildman–Crippen MR) is 102 cm³/mol. The monoisotopic (exact) mass is 472 g/mol. The lowest BCUT2D eigenvalue weighted by molar-refractivity contribution is -0.192. The van der Waals surface area contributed by atoms with Crippen LogP contribution in [0.25, 0.3) is 0 Å². The van der Waals surface area contributed by atoms with E-state index in [9.17, 15) is 31.5 Å². The van der Waals surface area contributed by atoms with Crippen molar-refractivity contribution in [2.75, 3.05) is 32.4 Å². The van der Waals surface area contributed by atoms with Gasteiger partial charge in [0.05, 0.1) is 11.7 Å². The number of carboxylic acids is 2. The molecule has 2 atom stereocenters. The van der Waals surface area contributed by atoms with E-state index in [0.29, 0.717) is 19.5 Å². The molecule has 0 bridgehead atoms. The molecule has 0 saturated carbocycles. The fourth-order valence-corrected chi connectivity index (χ4v) is 5.50. The van der Waals surface area contributed by atoms with Crippen LogP contribution in [-0.2, 0) is 26.2 Å². The van der Waals surface area contributed by atoms with E-state index >= 15 is 0 Å². The molecule has 8 nitrogen and oxygen atoms in total. The molecule has 0 unspecified atom stereocenters. The van der Waals surface area contributed by atoms with Gasteiger partial charge in [0.2, 0.25) is 10.0 Å². The molecule has 1 aromatic heterocycles. The number of rotatable bonds is 4. The second-order valence-electron chi connectivity index (χ2n) is 7.43. The van der Waals surface area contributed by atoms with Crippen LogP contribution < -0.4 is 0 Å². The summed E-state index contributed by atoms with van der Waals surface area (Å²) >= 11 is 1.69. The molecule has 2 N–H and O–H groups in total. The summed E-state index contributed by atoms with van der Waals surface area (Å²) in [7, 11) is -3.36. The van der Waals surface area contributed by atoms with Gasteiger partial charge in [-0.25, -0.2) is 17.5 Å². The van der Waals surface area contributed by atoms with E-state index < -0.39 is 33.6 Å². The molecule has 2 saturated heterocycles. The standard InChI is InChI=1S/C15H22N2O4S2.C2HF3O2/c1-23(20,21)17-9-12-8-16(10-13-4-2-7-22-13)6-3-5-15(12,11-17)14(18)19;3-2(4,5)1(6)7/h2,4,7,12H,3,5-6,8-11H2,1H3,(H,18,19);(H,6,7)/t12-,15-;/m0./s1. The second-order valence-corrected chi connectivity index (χ2v) is 10.4. The number of likely N-dealkylation sites (tertiary alicyclic amines) is 1. The van der Waals surface area contributed by atoms with E-state index in [1.165, 1.54) is 9.18 Å². The zero-order valence-corrected chi connectivity index (χ0v) is 17.8. The number of sulfonamides is 1. The van der Waals surface area contributed by atoms with E-state index in [2.05, 4.69) is 11.0 Å². The molecule has 0 aromatic carbocycles. The molecular formula is C17H23F3N2O6S2. The number of hydrogen-bond donors (Lipinski definition) is 2. The molecule has 30 heavy (non-hydrogen) atoms. The van der Waals surface area contributed by atoms with Gasteiger partial charge >= 0.3 is 18.1 Å². The zero-order valence-electron chi connectivity index (χ0n) is 16.1. The minimum Gasteiger partial charge on any atom is -0.481 e. The number of carbonyl (C=O) groups is 2. The minimum absolute atomic E-state index is 0.110. The van der Waals surface area contributed by atoms with Crippen molar-refractivity contribution < 1.29 is 41.4 Å². The van der Waals surface area contributed by atoms with Crippen molar-refractivity contribution in [2.45, 2.75) is 25.6 Å². The molecular weight excluding hydrogens is 449 g/mol. The zero-order chi connectivity index (χ0) is 22.7. The van der Waals surface area contributed by atoms with Gasteiger partial charge in [-0.2, -0.15) is 13.2 Å². The Bertz CT molecular complexity index is 859.